The zero-order chi connectivity index (χ0) is 13.6. The summed E-state index contributed by atoms with van der Waals surface area (Å²) in [7, 11) is 0. The molecule has 102 valence electrons. The first kappa shape index (κ1) is 14.9. The second-order valence-corrected chi connectivity index (χ2v) is 4.76. The van der Waals surface area contributed by atoms with Gasteiger partial charge in [0.1, 0.15) is 11.6 Å². The van der Waals surface area contributed by atoms with E-state index in [1.165, 1.54) is 6.07 Å². The molecule has 0 aromatic heterocycles. The van der Waals surface area contributed by atoms with Crippen LogP contribution in [0.2, 0.25) is 0 Å². The third-order valence-electron chi connectivity index (χ3n) is 3.02. The largest absolute Gasteiger partial charge is 0.493 e. The van der Waals surface area contributed by atoms with Crippen molar-refractivity contribution in [2.75, 3.05) is 19.8 Å². The molecule has 0 bridgehead atoms. The number of halogens is 1. The van der Waals surface area contributed by atoms with E-state index in [9.17, 15) is 9.50 Å². The molecule has 1 aromatic carbocycles. The van der Waals surface area contributed by atoms with Crippen molar-refractivity contribution in [1.29, 1.82) is 0 Å². The molecule has 0 aliphatic heterocycles. The van der Waals surface area contributed by atoms with E-state index in [-0.39, 0.29) is 18.0 Å². The van der Waals surface area contributed by atoms with E-state index in [0.29, 0.717) is 24.3 Å². The van der Waals surface area contributed by atoms with Crippen LogP contribution in [-0.2, 0) is 0 Å². The molecule has 0 aliphatic carbocycles. The maximum atomic E-state index is 13.3. The van der Waals surface area contributed by atoms with Gasteiger partial charge in [0, 0.05) is 18.0 Å². The quantitative estimate of drug-likeness (QED) is 0.785. The highest BCUT2D eigenvalue weighted by atomic mass is 19.1. The van der Waals surface area contributed by atoms with Crippen LogP contribution in [0.15, 0.2) is 18.2 Å². The molecule has 0 heterocycles. The third kappa shape index (κ3) is 4.27. The summed E-state index contributed by atoms with van der Waals surface area (Å²) < 4.78 is 18.8. The van der Waals surface area contributed by atoms with Crippen LogP contribution in [-0.4, -0.2) is 30.4 Å². The van der Waals surface area contributed by atoms with Gasteiger partial charge in [0.25, 0.3) is 0 Å². The standard InChI is InChI=1S/C14H22FNO2/c1-4-16-14(3,10-17)7-8-18-12-6-5-11(2)13(15)9-12/h5-6,9,16-17H,4,7-8,10H2,1-3H3. The van der Waals surface area contributed by atoms with Gasteiger partial charge in [0.2, 0.25) is 0 Å². The minimum atomic E-state index is -0.349. The zero-order valence-electron chi connectivity index (χ0n) is 11.3. The van der Waals surface area contributed by atoms with Crippen molar-refractivity contribution in [3.05, 3.63) is 29.6 Å². The van der Waals surface area contributed by atoms with Crippen LogP contribution in [0.25, 0.3) is 0 Å². The molecule has 4 heteroatoms. The molecular weight excluding hydrogens is 233 g/mol. The summed E-state index contributed by atoms with van der Waals surface area (Å²) >= 11 is 0. The van der Waals surface area contributed by atoms with Crippen LogP contribution in [0.5, 0.6) is 5.75 Å². The summed E-state index contributed by atoms with van der Waals surface area (Å²) in [4.78, 5) is 0. The van der Waals surface area contributed by atoms with Crippen LogP contribution in [0.4, 0.5) is 4.39 Å². The molecule has 0 saturated carbocycles. The van der Waals surface area contributed by atoms with Gasteiger partial charge in [-0.15, -0.1) is 0 Å². The third-order valence-corrected chi connectivity index (χ3v) is 3.02. The summed E-state index contributed by atoms with van der Waals surface area (Å²) in [6.07, 6.45) is 0.660. The van der Waals surface area contributed by atoms with Crippen molar-refractivity contribution in [1.82, 2.24) is 5.32 Å². The summed E-state index contributed by atoms with van der Waals surface area (Å²) in [5, 5.41) is 12.5. The highest BCUT2D eigenvalue weighted by Crippen LogP contribution is 2.17. The summed E-state index contributed by atoms with van der Waals surface area (Å²) in [5.74, 6) is 0.263. The van der Waals surface area contributed by atoms with Gasteiger partial charge >= 0.3 is 0 Å². The van der Waals surface area contributed by atoms with Gasteiger partial charge in [-0.1, -0.05) is 13.0 Å². The van der Waals surface area contributed by atoms with Crippen molar-refractivity contribution in [2.45, 2.75) is 32.7 Å². The predicted molar refractivity (Wildman–Crippen MR) is 70.4 cm³/mol. The van der Waals surface area contributed by atoms with Crippen molar-refractivity contribution in [3.8, 4) is 5.75 Å². The number of likely N-dealkylation sites (N-methyl/N-ethyl adjacent to an activating group) is 1. The van der Waals surface area contributed by atoms with Gasteiger partial charge in [-0.05, 0) is 32.0 Å². The molecule has 0 fully saturated rings. The second-order valence-electron chi connectivity index (χ2n) is 4.76. The SMILES string of the molecule is CCNC(C)(CO)CCOc1ccc(C)c(F)c1. The first-order valence-corrected chi connectivity index (χ1v) is 6.25. The number of aliphatic hydroxyl groups excluding tert-OH is 1. The fourth-order valence-corrected chi connectivity index (χ4v) is 1.71. The lowest BCUT2D eigenvalue weighted by molar-refractivity contribution is 0.145. The van der Waals surface area contributed by atoms with Crippen molar-refractivity contribution < 1.29 is 14.2 Å². The van der Waals surface area contributed by atoms with E-state index in [0.717, 1.165) is 6.54 Å². The molecule has 0 aliphatic rings. The first-order valence-electron chi connectivity index (χ1n) is 6.25. The van der Waals surface area contributed by atoms with Crippen LogP contribution >= 0.6 is 0 Å². The molecule has 0 saturated heterocycles. The molecule has 2 N–H and O–H groups in total. The minimum Gasteiger partial charge on any atom is -0.493 e. The molecule has 0 radical (unpaired) electrons. The van der Waals surface area contributed by atoms with E-state index >= 15 is 0 Å². The molecule has 0 amide bonds. The monoisotopic (exact) mass is 255 g/mol. The smallest absolute Gasteiger partial charge is 0.129 e. The normalized spacial score (nSPS) is 14.3. The Morgan fingerprint density at radius 2 is 2.17 bits per heavy atom. The van der Waals surface area contributed by atoms with Crippen LogP contribution in [0.3, 0.4) is 0 Å². The van der Waals surface area contributed by atoms with Gasteiger partial charge in [-0.3, -0.25) is 0 Å². The molecule has 1 unspecified atom stereocenters. The maximum Gasteiger partial charge on any atom is 0.129 e. The minimum absolute atomic E-state index is 0.0481. The number of hydrogen-bond donors (Lipinski definition) is 2. The molecule has 1 rings (SSSR count). The molecule has 1 aromatic rings. The topological polar surface area (TPSA) is 41.5 Å². The fraction of sp³-hybridized carbons (Fsp3) is 0.571. The lowest BCUT2D eigenvalue weighted by Gasteiger charge is -2.28. The van der Waals surface area contributed by atoms with Gasteiger partial charge in [-0.25, -0.2) is 4.39 Å². The lowest BCUT2D eigenvalue weighted by Crippen LogP contribution is -2.46. The molecule has 1 atom stereocenters. The van der Waals surface area contributed by atoms with E-state index in [2.05, 4.69) is 5.32 Å². The zero-order valence-corrected chi connectivity index (χ0v) is 11.3. The number of aryl methyl sites for hydroxylation is 1. The Kier molecular flexibility index (Phi) is 5.56. The van der Waals surface area contributed by atoms with E-state index in [1.54, 1.807) is 19.1 Å². The lowest BCUT2D eigenvalue weighted by atomic mass is 10.00. The number of rotatable bonds is 7. The average Bonchev–Trinajstić information content (AvgIpc) is 2.34. The number of nitrogens with one attached hydrogen (secondary N) is 1. The Bertz CT molecular complexity index is 384. The Labute approximate surface area is 108 Å². The highest BCUT2D eigenvalue weighted by Gasteiger charge is 2.21. The highest BCUT2D eigenvalue weighted by molar-refractivity contribution is 5.27. The molecular formula is C14H22FNO2. The fourth-order valence-electron chi connectivity index (χ4n) is 1.71. The van der Waals surface area contributed by atoms with Gasteiger partial charge in [0.05, 0.1) is 13.2 Å². The maximum absolute atomic E-state index is 13.3. The summed E-state index contributed by atoms with van der Waals surface area (Å²) in [6.45, 7) is 6.92. The Balaban J connectivity index is 2.47. The van der Waals surface area contributed by atoms with Crippen molar-refractivity contribution in [2.24, 2.45) is 0 Å². The van der Waals surface area contributed by atoms with Crippen molar-refractivity contribution in [3.63, 3.8) is 0 Å². The van der Waals surface area contributed by atoms with Crippen molar-refractivity contribution >= 4 is 0 Å². The average molecular weight is 255 g/mol. The predicted octanol–water partition coefficient (Wildman–Crippen LogP) is 2.26. The van der Waals surface area contributed by atoms with Crippen LogP contribution in [0.1, 0.15) is 25.8 Å². The first-order chi connectivity index (χ1) is 8.50. The Morgan fingerprint density at radius 3 is 2.72 bits per heavy atom. The van der Waals surface area contributed by atoms with Crippen LogP contribution < -0.4 is 10.1 Å². The molecule has 3 nitrogen and oxygen atoms in total. The second kappa shape index (κ2) is 6.71. The molecule has 18 heavy (non-hydrogen) atoms. The van der Waals surface area contributed by atoms with E-state index in [4.69, 9.17) is 4.74 Å². The van der Waals surface area contributed by atoms with Gasteiger partial charge < -0.3 is 15.2 Å². The van der Waals surface area contributed by atoms with E-state index < -0.39 is 0 Å². The van der Waals surface area contributed by atoms with Crippen LogP contribution in [0, 0.1) is 12.7 Å². The summed E-state index contributed by atoms with van der Waals surface area (Å²) in [6, 6.07) is 4.83. The Hall–Kier alpha value is -1.13. The number of ether oxygens (including phenoxy) is 1. The van der Waals surface area contributed by atoms with Gasteiger partial charge in [-0.2, -0.15) is 0 Å². The summed E-state index contributed by atoms with van der Waals surface area (Å²) in [5.41, 5.74) is 0.257. The Morgan fingerprint density at radius 1 is 1.44 bits per heavy atom. The number of benzene rings is 1. The number of hydrogen-bond acceptors (Lipinski definition) is 3. The van der Waals surface area contributed by atoms with E-state index in [1.807, 2.05) is 13.8 Å². The molecule has 0 spiro atoms. The number of aliphatic hydroxyl groups is 1. The van der Waals surface area contributed by atoms with Gasteiger partial charge in [0.15, 0.2) is 0 Å².